The lowest BCUT2D eigenvalue weighted by Crippen LogP contribution is -2.27. The highest BCUT2D eigenvalue weighted by Crippen LogP contribution is 2.39. The summed E-state index contributed by atoms with van der Waals surface area (Å²) in [6.07, 6.45) is 5.39. The van der Waals surface area contributed by atoms with Gasteiger partial charge in [-0.15, -0.1) is 11.3 Å². The van der Waals surface area contributed by atoms with Crippen LogP contribution in [0.3, 0.4) is 0 Å². The number of esters is 1. The lowest BCUT2D eigenvalue weighted by Gasteiger charge is -2.13. The van der Waals surface area contributed by atoms with E-state index < -0.39 is 11.9 Å². The number of ether oxygens (including phenoxy) is 3. The van der Waals surface area contributed by atoms with Crippen LogP contribution < -0.4 is 14.8 Å². The molecule has 2 aromatic carbocycles. The zero-order valence-corrected chi connectivity index (χ0v) is 25.8. The Hall–Kier alpha value is -4.09. The van der Waals surface area contributed by atoms with Gasteiger partial charge in [-0.1, -0.05) is 18.2 Å². The van der Waals surface area contributed by atoms with E-state index in [1.807, 2.05) is 6.92 Å². The van der Waals surface area contributed by atoms with Gasteiger partial charge in [0, 0.05) is 10.4 Å². The quantitative estimate of drug-likeness (QED) is 0.197. The highest BCUT2D eigenvalue weighted by molar-refractivity contribution is 8.18. The van der Waals surface area contributed by atoms with Gasteiger partial charge in [0.25, 0.3) is 17.1 Å². The summed E-state index contributed by atoms with van der Waals surface area (Å²) in [5.41, 5.74) is 3.24. The van der Waals surface area contributed by atoms with Crippen LogP contribution in [0.4, 0.5) is 9.80 Å². The number of hydrogen-bond donors (Lipinski definition) is 1. The number of nitrogens with one attached hydrogen (secondary N) is 1. The lowest BCUT2D eigenvalue weighted by atomic mass is 9.95. The first-order valence-corrected chi connectivity index (χ1v) is 15.7. The van der Waals surface area contributed by atoms with Gasteiger partial charge < -0.3 is 19.5 Å². The molecule has 0 radical (unpaired) electrons. The minimum atomic E-state index is -0.416. The number of hydrogen-bond acceptors (Lipinski definition) is 9. The van der Waals surface area contributed by atoms with E-state index in [0.29, 0.717) is 50.3 Å². The Morgan fingerprint density at radius 1 is 1.00 bits per heavy atom. The second kappa shape index (κ2) is 13.5. The molecule has 1 aliphatic carbocycles. The van der Waals surface area contributed by atoms with E-state index in [4.69, 9.17) is 14.2 Å². The Bertz CT molecular complexity index is 1590. The summed E-state index contributed by atoms with van der Waals surface area (Å²) in [6, 6.07) is 12.0. The summed E-state index contributed by atoms with van der Waals surface area (Å²) in [5, 5.41) is 3.05. The highest BCUT2D eigenvalue weighted by Gasteiger charge is 2.35. The van der Waals surface area contributed by atoms with Gasteiger partial charge in [0.05, 0.1) is 37.3 Å². The fourth-order valence-corrected chi connectivity index (χ4v) is 7.14. The molecule has 11 heteroatoms. The number of benzene rings is 2. The van der Waals surface area contributed by atoms with E-state index in [1.165, 1.54) is 16.2 Å². The molecule has 43 heavy (non-hydrogen) atoms. The van der Waals surface area contributed by atoms with Crippen molar-refractivity contribution in [2.24, 2.45) is 0 Å². The van der Waals surface area contributed by atoms with Crippen LogP contribution in [0.25, 0.3) is 6.08 Å². The van der Waals surface area contributed by atoms with Crippen molar-refractivity contribution in [3.05, 3.63) is 80.1 Å². The summed E-state index contributed by atoms with van der Waals surface area (Å²) in [6.45, 7) is 4.46. The second-order valence-electron chi connectivity index (χ2n) is 9.90. The Morgan fingerprint density at radius 2 is 1.77 bits per heavy atom. The lowest BCUT2D eigenvalue weighted by molar-refractivity contribution is -0.123. The Kier molecular flexibility index (Phi) is 9.52. The number of thioether (sulfide) groups is 1. The van der Waals surface area contributed by atoms with Gasteiger partial charge in [-0.3, -0.25) is 19.3 Å². The molecule has 9 nitrogen and oxygen atoms in total. The average Bonchev–Trinajstić information content (AvgIpc) is 3.50. The molecule has 3 amide bonds. The molecule has 1 aromatic heterocycles. The van der Waals surface area contributed by atoms with Gasteiger partial charge in [0.1, 0.15) is 5.00 Å². The molecule has 2 aliphatic rings. The third-order valence-electron chi connectivity index (χ3n) is 7.09. The molecule has 0 bridgehead atoms. The van der Waals surface area contributed by atoms with Gasteiger partial charge >= 0.3 is 5.97 Å². The van der Waals surface area contributed by atoms with Crippen LogP contribution in [-0.2, 0) is 28.9 Å². The van der Waals surface area contributed by atoms with E-state index in [0.717, 1.165) is 47.9 Å². The van der Waals surface area contributed by atoms with Crippen molar-refractivity contribution < 1.29 is 33.4 Å². The first-order chi connectivity index (χ1) is 20.8. The molecule has 3 aromatic rings. The van der Waals surface area contributed by atoms with E-state index in [9.17, 15) is 19.2 Å². The van der Waals surface area contributed by atoms with Crippen molar-refractivity contribution in [1.82, 2.24) is 4.90 Å². The van der Waals surface area contributed by atoms with E-state index in [1.54, 1.807) is 62.6 Å². The number of aryl methyl sites for hydroxylation is 1. The summed E-state index contributed by atoms with van der Waals surface area (Å²) in [7, 11) is 1.54. The molecule has 0 saturated carbocycles. The smallest absolute Gasteiger partial charge is 0.341 e. The number of carbonyl (C=O) groups is 4. The maximum atomic E-state index is 13.1. The molecule has 1 fully saturated rings. The molecule has 0 atom stereocenters. The number of imide groups is 1. The van der Waals surface area contributed by atoms with E-state index >= 15 is 0 Å². The predicted octanol–water partition coefficient (Wildman–Crippen LogP) is 6.70. The minimum Gasteiger partial charge on any atom is -0.493 e. The topological polar surface area (TPSA) is 111 Å². The molecule has 5 rings (SSSR count). The number of amides is 3. The Labute approximate surface area is 258 Å². The number of anilines is 1. The number of rotatable bonds is 10. The zero-order valence-electron chi connectivity index (χ0n) is 24.2. The molecule has 0 unspecified atom stereocenters. The van der Waals surface area contributed by atoms with Crippen LogP contribution in [0.5, 0.6) is 11.5 Å². The van der Waals surface area contributed by atoms with Crippen molar-refractivity contribution in [2.75, 3.05) is 25.6 Å². The first kappa shape index (κ1) is 30.4. The van der Waals surface area contributed by atoms with Gasteiger partial charge in [-0.25, -0.2) is 4.79 Å². The summed E-state index contributed by atoms with van der Waals surface area (Å²) in [4.78, 5) is 54.3. The van der Waals surface area contributed by atoms with Crippen LogP contribution in [0.1, 0.15) is 69.0 Å². The fraction of sp³-hybridized carbons (Fsp3) is 0.312. The largest absolute Gasteiger partial charge is 0.493 e. The third kappa shape index (κ3) is 6.62. The van der Waals surface area contributed by atoms with Crippen LogP contribution >= 0.6 is 23.1 Å². The normalized spacial score (nSPS) is 15.4. The van der Waals surface area contributed by atoms with Crippen molar-refractivity contribution in [1.29, 1.82) is 0 Å². The van der Waals surface area contributed by atoms with E-state index in [2.05, 4.69) is 5.32 Å². The molecular weight excluding hydrogens is 588 g/mol. The van der Waals surface area contributed by atoms with Crippen LogP contribution in [-0.4, -0.2) is 48.2 Å². The van der Waals surface area contributed by atoms with Crippen molar-refractivity contribution >= 4 is 57.2 Å². The first-order valence-electron chi connectivity index (χ1n) is 14.1. The monoisotopic (exact) mass is 620 g/mol. The molecule has 224 valence electrons. The summed E-state index contributed by atoms with van der Waals surface area (Å²) in [5.74, 6) is -0.0232. The SMILES string of the molecule is CCOC(=O)c1c(NC(=O)c2ccc(CN3C(=O)S/C(=C\c4ccc(OCC)c(OC)c4)C3=O)cc2)sc2c1CCCC2. The predicted molar refractivity (Wildman–Crippen MR) is 167 cm³/mol. The zero-order chi connectivity index (χ0) is 30.5. The molecule has 0 spiro atoms. The maximum Gasteiger partial charge on any atom is 0.341 e. The number of fused-ring (bicyclic) bond motifs is 1. The molecule has 2 heterocycles. The molecule has 1 aliphatic heterocycles. The Balaban J connectivity index is 1.27. The molecule has 1 N–H and O–H groups in total. The molecule has 1 saturated heterocycles. The molecular formula is C32H32N2O7S2. The fourth-order valence-electron chi connectivity index (χ4n) is 5.03. The van der Waals surface area contributed by atoms with Gasteiger partial charge in [-0.2, -0.15) is 0 Å². The Morgan fingerprint density at radius 3 is 2.49 bits per heavy atom. The number of methoxy groups -OCH3 is 1. The van der Waals surface area contributed by atoms with Crippen LogP contribution in [0.15, 0.2) is 47.4 Å². The number of thiophene rings is 1. The number of carbonyl (C=O) groups excluding carboxylic acids is 4. The third-order valence-corrected chi connectivity index (χ3v) is 9.21. The minimum absolute atomic E-state index is 0.0706. The van der Waals surface area contributed by atoms with Crippen molar-refractivity contribution in [2.45, 2.75) is 46.1 Å². The highest BCUT2D eigenvalue weighted by atomic mass is 32.2. The van der Waals surface area contributed by atoms with Crippen molar-refractivity contribution in [3.63, 3.8) is 0 Å². The van der Waals surface area contributed by atoms with E-state index in [-0.39, 0.29) is 24.3 Å². The van der Waals surface area contributed by atoms with Crippen LogP contribution in [0.2, 0.25) is 0 Å². The average molecular weight is 621 g/mol. The van der Waals surface area contributed by atoms with Gasteiger partial charge in [0.15, 0.2) is 11.5 Å². The van der Waals surface area contributed by atoms with Gasteiger partial charge in [0.2, 0.25) is 0 Å². The summed E-state index contributed by atoms with van der Waals surface area (Å²) < 4.78 is 16.2. The second-order valence-corrected chi connectivity index (χ2v) is 12.0. The maximum absolute atomic E-state index is 13.1. The number of nitrogens with zero attached hydrogens (tertiary/aromatic N) is 1. The standard InChI is InChI=1S/C32H32N2O7S2/c1-4-40-23-15-12-20(16-24(23)39-3)17-26-30(36)34(32(38)43-26)18-19-10-13-21(14-11-19)28(35)33-29-27(31(37)41-5-2)22-8-6-7-9-25(22)42-29/h10-17H,4-9,18H2,1-3H3,(H,33,35)/b26-17-. The van der Waals surface area contributed by atoms with Crippen LogP contribution in [0, 0.1) is 0 Å². The van der Waals surface area contributed by atoms with Gasteiger partial charge in [-0.05, 0) is 98.3 Å². The van der Waals surface area contributed by atoms with Crippen molar-refractivity contribution in [3.8, 4) is 11.5 Å². The summed E-state index contributed by atoms with van der Waals surface area (Å²) >= 11 is 2.31.